The number of ether oxygens (including phenoxy) is 1. The maximum absolute atomic E-state index is 12.9. The minimum atomic E-state index is -0.130. The zero-order valence-electron chi connectivity index (χ0n) is 14.1. The van der Waals surface area contributed by atoms with Gasteiger partial charge in [-0.2, -0.15) is 0 Å². The summed E-state index contributed by atoms with van der Waals surface area (Å²) in [5.74, 6) is 0.834. The van der Waals surface area contributed by atoms with E-state index in [9.17, 15) is 4.79 Å². The highest BCUT2D eigenvalue weighted by Crippen LogP contribution is 2.30. The summed E-state index contributed by atoms with van der Waals surface area (Å²) >= 11 is 12.3. The molecular formula is C18H18Cl2N4O2. The number of hydrogen-bond acceptors (Lipinski definition) is 5. The first-order valence-electron chi connectivity index (χ1n) is 8.54. The topological polar surface area (TPSA) is 58.6 Å². The van der Waals surface area contributed by atoms with Gasteiger partial charge >= 0.3 is 0 Å². The molecule has 2 aliphatic heterocycles. The molecule has 0 aliphatic carbocycles. The predicted molar refractivity (Wildman–Crippen MR) is 100.0 cm³/mol. The molecule has 26 heavy (non-hydrogen) atoms. The smallest absolute Gasteiger partial charge is 0.255 e. The highest BCUT2D eigenvalue weighted by atomic mass is 35.5. The van der Waals surface area contributed by atoms with Gasteiger partial charge in [-0.25, -0.2) is 9.97 Å². The molecule has 0 radical (unpaired) electrons. The second-order valence-electron chi connectivity index (χ2n) is 6.30. The molecule has 0 saturated carbocycles. The minimum absolute atomic E-state index is 0.130. The van der Waals surface area contributed by atoms with E-state index in [1.54, 1.807) is 29.4 Å². The van der Waals surface area contributed by atoms with E-state index in [1.807, 2.05) is 0 Å². The van der Waals surface area contributed by atoms with Crippen LogP contribution in [0.2, 0.25) is 10.0 Å². The Hall–Kier alpha value is -1.89. The molecule has 1 aromatic carbocycles. The van der Waals surface area contributed by atoms with Crippen LogP contribution in [0.3, 0.4) is 0 Å². The molecule has 3 heterocycles. The lowest BCUT2D eigenvalue weighted by atomic mass is 10.0. The highest BCUT2D eigenvalue weighted by Gasteiger charge is 2.28. The van der Waals surface area contributed by atoms with E-state index in [0.717, 1.165) is 30.2 Å². The number of carbonyl (C=O) groups excluding carboxylic acids is 1. The summed E-state index contributed by atoms with van der Waals surface area (Å²) in [6.07, 6.45) is 2.29. The van der Waals surface area contributed by atoms with Crippen molar-refractivity contribution in [1.82, 2.24) is 14.9 Å². The summed E-state index contributed by atoms with van der Waals surface area (Å²) < 4.78 is 5.42. The molecule has 0 bridgehead atoms. The van der Waals surface area contributed by atoms with Gasteiger partial charge in [-0.05, 0) is 18.6 Å². The molecule has 1 fully saturated rings. The van der Waals surface area contributed by atoms with Crippen molar-refractivity contribution in [1.29, 1.82) is 0 Å². The van der Waals surface area contributed by atoms with Crippen LogP contribution in [-0.2, 0) is 17.7 Å². The Morgan fingerprint density at radius 2 is 1.92 bits per heavy atom. The fourth-order valence-corrected chi connectivity index (χ4v) is 3.78. The molecule has 1 saturated heterocycles. The van der Waals surface area contributed by atoms with Gasteiger partial charge in [0.1, 0.15) is 12.1 Å². The van der Waals surface area contributed by atoms with Crippen LogP contribution in [0.4, 0.5) is 5.82 Å². The van der Waals surface area contributed by atoms with E-state index in [2.05, 4.69) is 14.9 Å². The number of halogens is 2. The third-order valence-electron chi connectivity index (χ3n) is 4.76. The number of fused-ring (bicyclic) bond motifs is 1. The van der Waals surface area contributed by atoms with Crippen LogP contribution in [0.15, 0.2) is 24.5 Å². The largest absolute Gasteiger partial charge is 0.378 e. The standard InChI is InChI=1S/C18H18Cl2N4O2/c19-14-3-1-2-13(16(14)20)18(25)24-5-4-12-15(10-24)21-11-22-17(12)23-6-8-26-9-7-23/h1-3,11H,4-10H2. The number of nitrogens with zero attached hydrogens (tertiary/aromatic N) is 4. The fourth-order valence-electron chi connectivity index (χ4n) is 3.40. The van der Waals surface area contributed by atoms with Crippen LogP contribution < -0.4 is 4.90 Å². The second kappa shape index (κ2) is 7.39. The minimum Gasteiger partial charge on any atom is -0.378 e. The van der Waals surface area contributed by atoms with E-state index < -0.39 is 0 Å². The Morgan fingerprint density at radius 1 is 1.12 bits per heavy atom. The first-order valence-corrected chi connectivity index (χ1v) is 9.29. The summed E-state index contributed by atoms with van der Waals surface area (Å²) in [7, 11) is 0. The maximum Gasteiger partial charge on any atom is 0.255 e. The molecular weight excluding hydrogens is 375 g/mol. The molecule has 8 heteroatoms. The predicted octanol–water partition coefficient (Wildman–Crippen LogP) is 2.82. The van der Waals surface area contributed by atoms with E-state index >= 15 is 0 Å². The van der Waals surface area contributed by atoms with Crippen LogP contribution in [0.5, 0.6) is 0 Å². The summed E-state index contributed by atoms with van der Waals surface area (Å²) in [6, 6.07) is 5.11. The van der Waals surface area contributed by atoms with Crippen LogP contribution >= 0.6 is 23.2 Å². The molecule has 6 nitrogen and oxygen atoms in total. The number of aromatic nitrogens is 2. The van der Waals surface area contributed by atoms with Gasteiger partial charge in [0.05, 0.1) is 41.1 Å². The van der Waals surface area contributed by atoms with Crippen molar-refractivity contribution >= 4 is 34.9 Å². The van der Waals surface area contributed by atoms with Crippen molar-refractivity contribution < 1.29 is 9.53 Å². The molecule has 2 aromatic rings. The Morgan fingerprint density at radius 3 is 2.73 bits per heavy atom. The first kappa shape index (κ1) is 17.5. The molecule has 4 rings (SSSR count). The first-order chi connectivity index (χ1) is 12.6. The SMILES string of the molecule is O=C(c1cccc(Cl)c1Cl)N1CCc2c(ncnc2N2CCOCC2)C1. The van der Waals surface area contributed by atoms with Gasteiger partial charge in [-0.3, -0.25) is 4.79 Å². The molecule has 0 atom stereocenters. The van der Waals surface area contributed by atoms with Crippen LogP contribution in [0.1, 0.15) is 21.6 Å². The van der Waals surface area contributed by atoms with Crippen molar-refractivity contribution in [3.05, 3.63) is 51.4 Å². The third kappa shape index (κ3) is 3.24. The summed E-state index contributed by atoms with van der Waals surface area (Å²) in [4.78, 5) is 25.8. The monoisotopic (exact) mass is 392 g/mol. The van der Waals surface area contributed by atoms with E-state index in [0.29, 0.717) is 48.3 Å². The lowest BCUT2D eigenvalue weighted by Crippen LogP contribution is -2.40. The number of hydrogen-bond donors (Lipinski definition) is 0. The zero-order valence-corrected chi connectivity index (χ0v) is 15.6. The summed E-state index contributed by atoms with van der Waals surface area (Å²) in [5, 5.41) is 0.675. The highest BCUT2D eigenvalue weighted by molar-refractivity contribution is 6.43. The van der Waals surface area contributed by atoms with Gasteiger partial charge in [-0.1, -0.05) is 29.3 Å². The van der Waals surface area contributed by atoms with Gasteiger partial charge in [-0.15, -0.1) is 0 Å². The quantitative estimate of drug-likeness (QED) is 0.786. The van der Waals surface area contributed by atoms with Gasteiger partial charge in [0, 0.05) is 25.2 Å². The Balaban J connectivity index is 1.58. The lowest BCUT2D eigenvalue weighted by Gasteiger charge is -2.33. The normalized spacial score (nSPS) is 17.2. The average molecular weight is 393 g/mol. The Bertz CT molecular complexity index is 840. The fraction of sp³-hybridized carbons (Fsp3) is 0.389. The Kier molecular flexibility index (Phi) is 4.98. The molecule has 0 N–H and O–H groups in total. The lowest BCUT2D eigenvalue weighted by molar-refractivity contribution is 0.0732. The molecule has 136 valence electrons. The van der Waals surface area contributed by atoms with Crippen LogP contribution in [-0.4, -0.2) is 53.6 Å². The molecule has 0 unspecified atom stereocenters. The third-order valence-corrected chi connectivity index (χ3v) is 5.58. The van der Waals surface area contributed by atoms with Crippen LogP contribution in [0.25, 0.3) is 0 Å². The van der Waals surface area contributed by atoms with Crippen LogP contribution in [0, 0.1) is 0 Å². The number of morpholine rings is 1. The van der Waals surface area contributed by atoms with Gasteiger partial charge in [0.15, 0.2) is 0 Å². The van der Waals surface area contributed by atoms with Crippen molar-refractivity contribution in [3.8, 4) is 0 Å². The van der Waals surface area contributed by atoms with E-state index in [-0.39, 0.29) is 5.91 Å². The molecule has 2 aliphatic rings. The molecule has 1 amide bonds. The maximum atomic E-state index is 12.9. The molecule has 1 aromatic heterocycles. The summed E-state index contributed by atoms with van der Waals surface area (Å²) in [6.45, 7) is 4.10. The van der Waals surface area contributed by atoms with Gasteiger partial charge in [0.2, 0.25) is 0 Å². The van der Waals surface area contributed by atoms with E-state index in [1.165, 1.54) is 0 Å². The average Bonchev–Trinajstić information content (AvgIpc) is 2.69. The van der Waals surface area contributed by atoms with Crippen molar-refractivity contribution in [2.45, 2.75) is 13.0 Å². The number of carbonyl (C=O) groups is 1. The number of rotatable bonds is 2. The summed E-state index contributed by atoms with van der Waals surface area (Å²) in [5.41, 5.74) is 2.43. The Labute approximate surface area is 161 Å². The number of benzene rings is 1. The zero-order chi connectivity index (χ0) is 18.1. The number of anilines is 1. The van der Waals surface area contributed by atoms with Crippen molar-refractivity contribution in [2.75, 3.05) is 37.7 Å². The van der Waals surface area contributed by atoms with E-state index in [4.69, 9.17) is 27.9 Å². The second-order valence-corrected chi connectivity index (χ2v) is 7.09. The number of amides is 1. The van der Waals surface area contributed by atoms with Gasteiger partial charge in [0.25, 0.3) is 5.91 Å². The van der Waals surface area contributed by atoms with Crippen molar-refractivity contribution in [3.63, 3.8) is 0 Å². The van der Waals surface area contributed by atoms with Gasteiger partial charge < -0.3 is 14.5 Å². The van der Waals surface area contributed by atoms with Crippen molar-refractivity contribution in [2.24, 2.45) is 0 Å². The molecule has 0 spiro atoms.